The third-order valence-corrected chi connectivity index (χ3v) is 2.09. The first-order valence-corrected chi connectivity index (χ1v) is 5.03. The van der Waals surface area contributed by atoms with E-state index >= 15 is 0 Å². The Hall–Kier alpha value is -1.10. The molecule has 0 aliphatic carbocycles. The molecule has 0 bridgehead atoms. The van der Waals surface area contributed by atoms with E-state index < -0.39 is 5.97 Å². The average Bonchev–Trinajstić information content (AvgIpc) is 2.15. The van der Waals surface area contributed by atoms with E-state index in [1.54, 1.807) is 0 Å². The molecule has 1 unspecified atom stereocenters. The minimum Gasteiger partial charge on any atom is -0.481 e. The minimum absolute atomic E-state index is 0.0729. The van der Waals surface area contributed by atoms with Gasteiger partial charge in [0.15, 0.2) is 0 Å². The fraction of sp³-hybridized carbons (Fsp3) is 0.800. The first-order chi connectivity index (χ1) is 7.06. The molecule has 1 amide bonds. The summed E-state index contributed by atoms with van der Waals surface area (Å²) in [6.45, 7) is 2.62. The van der Waals surface area contributed by atoms with Crippen LogP contribution in [0.2, 0.25) is 0 Å². The smallest absolute Gasteiger partial charge is 0.303 e. The first-order valence-electron chi connectivity index (χ1n) is 5.03. The minimum atomic E-state index is -0.773. The molecule has 0 heterocycles. The van der Waals surface area contributed by atoms with E-state index in [-0.39, 0.29) is 18.9 Å². The van der Waals surface area contributed by atoms with Gasteiger partial charge >= 0.3 is 5.97 Å². The Morgan fingerprint density at radius 1 is 1.40 bits per heavy atom. The Morgan fingerprint density at radius 2 is 2.07 bits per heavy atom. The molecule has 0 radical (unpaired) electrons. The van der Waals surface area contributed by atoms with Crippen LogP contribution in [0, 0.1) is 5.92 Å². The molecule has 1 atom stereocenters. The highest BCUT2D eigenvalue weighted by atomic mass is 16.5. The molecule has 0 fully saturated rings. The molecule has 2 N–H and O–H groups in total. The Balaban J connectivity index is 3.41. The number of carboxylic acid groups (broad SMARTS) is 1. The highest BCUT2D eigenvalue weighted by molar-refractivity contribution is 5.77. The molecule has 0 spiro atoms. The second kappa shape index (κ2) is 8.23. The fourth-order valence-electron chi connectivity index (χ4n) is 1.15. The molecule has 15 heavy (non-hydrogen) atoms. The van der Waals surface area contributed by atoms with Crippen molar-refractivity contribution in [1.29, 1.82) is 0 Å². The van der Waals surface area contributed by atoms with Crippen molar-refractivity contribution in [2.75, 3.05) is 20.3 Å². The molecule has 5 heteroatoms. The predicted molar refractivity (Wildman–Crippen MR) is 55.5 cm³/mol. The van der Waals surface area contributed by atoms with Gasteiger partial charge in [0.2, 0.25) is 5.91 Å². The summed E-state index contributed by atoms with van der Waals surface area (Å²) < 4.78 is 4.65. The zero-order valence-electron chi connectivity index (χ0n) is 9.28. The molecule has 0 aliphatic rings. The van der Waals surface area contributed by atoms with E-state index in [0.29, 0.717) is 18.9 Å². The summed E-state index contributed by atoms with van der Waals surface area (Å²) >= 11 is 0. The summed E-state index contributed by atoms with van der Waals surface area (Å²) in [5.74, 6) is -0.600. The molecule has 0 aromatic heterocycles. The number of hydrogen-bond donors (Lipinski definition) is 2. The lowest BCUT2D eigenvalue weighted by Crippen LogP contribution is -2.28. The summed E-state index contributed by atoms with van der Waals surface area (Å²) in [6, 6.07) is 0. The quantitative estimate of drug-likeness (QED) is 0.625. The van der Waals surface area contributed by atoms with Crippen LogP contribution < -0.4 is 5.32 Å². The maximum atomic E-state index is 11.0. The van der Waals surface area contributed by atoms with Gasteiger partial charge in [0.25, 0.3) is 0 Å². The van der Waals surface area contributed by atoms with Gasteiger partial charge in [-0.15, -0.1) is 0 Å². The molecule has 0 rings (SSSR count). The summed E-state index contributed by atoms with van der Waals surface area (Å²) in [6.07, 6.45) is 1.63. The van der Waals surface area contributed by atoms with Gasteiger partial charge in [-0.05, 0) is 18.8 Å². The number of methoxy groups -OCH3 is 1. The monoisotopic (exact) mass is 217 g/mol. The fourth-order valence-corrected chi connectivity index (χ4v) is 1.15. The van der Waals surface area contributed by atoms with Crippen LogP contribution in [0.15, 0.2) is 0 Å². The van der Waals surface area contributed by atoms with Crippen molar-refractivity contribution in [3.63, 3.8) is 0 Å². The maximum Gasteiger partial charge on any atom is 0.303 e. The second-order valence-corrected chi connectivity index (χ2v) is 3.61. The highest BCUT2D eigenvalue weighted by Gasteiger charge is 2.06. The highest BCUT2D eigenvalue weighted by Crippen LogP contribution is 2.08. The van der Waals surface area contributed by atoms with Crippen molar-refractivity contribution in [2.24, 2.45) is 5.92 Å². The zero-order valence-corrected chi connectivity index (χ0v) is 9.28. The zero-order chi connectivity index (χ0) is 11.7. The molecule has 0 aromatic carbocycles. The number of carbonyl (C=O) groups is 2. The van der Waals surface area contributed by atoms with Crippen molar-refractivity contribution in [1.82, 2.24) is 5.32 Å². The Labute approximate surface area is 89.8 Å². The number of rotatable bonds is 8. The number of carboxylic acids is 1. The summed E-state index contributed by atoms with van der Waals surface area (Å²) in [5, 5.41) is 11.2. The van der Waals surface area contributed by atoms with Crippen LogP contribution in [-0.2, 0) is 14.3 Å². The van der Waals surface area contributed by atoms with Crippen molar-refractivity contribution in [2.45, 2.75) is 26.2 Å². The third-order valence-electron chi connectivity index (χ3n) is 2.09. The largest absolute Gasteiger partial charge is 0.481 e. The number of nitrogens with one attached hydrogen (secondary N) is 1. The van der Waals surface area contributed by atoms with Crippen molar-refractivity contribution >= 4 is 11.9 Å². The summed E-state index contributed by atoms with van der Waals surface area (Å²) in [5.41, 5.74) is 0. The van der Waals surface area contributed by atoms with E-state index in [9.17, 15) is 9.59 Å². The molecule has 0 saturated heterocycles. The molecule has 0 saturated carbocycles. The van der Waals surface area contributed by atoms with E-state index in [0.717, 1.165) is 6.42 Å². The van der Waals surface area contributed by atoms with Gasteiger partial charge in [-0.25, -0.2) is 0 Å². The molecular formula is C10H19NO4. The number of ether oxygens (including phenoxy) is 1. The molecular weight excluding hydrogens is 198 g/mol. The normalized spacial score (nSPS) is 12.1. The SMILES string of the molecule is COCC(=O)NCCC(C)CCC(=O)O. The van der Waals surface area contributed by atoms with Crippen molar-refractivity contribution in [3.05, 3.63) is 0 Å². The van der Waals surface area contributed by atoms with Crippen molar-refractivity contribution in [3.8, 4) is 0 Å². The van der Waals surface area contributed by atoms with Gasteiger partial charge in [-0.1, -0.05) is 6.92 Å². The van der Waals surface area contributed by atoms with Crippen LogP contribution in [0.25, 0.3) is 0 Å². The van der Waals surface area contributed by atoms with Crippen LogP contribution >= 0.6 is 0 Å². The Bertz CT molecular complexity index is 206. The van der Waals surface area contributed by atoms with E-state index in [1.165, 1.54) is 7.11 Å². The van der Waals surface area contributed by atoms with E-state index in [4.69, 9.17) is 5.11 Å². The first kappa shape index (κ1) is 13.9. The number of amides is 1. The van der Waals surface area contributed by atoms with Crippen molar-refractivity contribution < 1.29 is 19.4 Å². The van der Waals surface area contributed by atoms with Crippen LogP contribution in [0.5, 0.6) is 0 Å². The van der Waals surface area contributed by atoms with Gasteiger partial charge in [0.1, 0.15) is 6.61 Å². The van der Waals surface area contributed by atoms with Crippen LogP contribution in [0.3, 0.4) is 0 Å². The van der Waals surface area contributed by atoms with Gasteiger partial charge in [-0.2, -0.15) is 0 Å². The summed E-state index contributed by atoms with van der Waals surface area (Å²) in [4.78, 5) is 21.2. The lowest BCUT2D eigenvalue weighted by Gasteiger charge is -2.10. The lowest BCUT2D eigenvalue weighted by molar-refractivity contribution is -0.137. The maximum absolute atomic E-state index is 11.0. The van der Waals surface area contributed by atoms with Gasteiger partial charge in [0.05, 0.1) is 0 Å². The molecule has 5 nitrogen and oxygen atoms in total. The lowest BCUT2D eigenvalue weighted by atomic mass is 10.0. The Kier molecular flexibility index (Phi) is 7.62. The van der Waals surface area contributed by atoms with Crippen LogP contribution in [0.4, 0.5) is 0 Å². The van der Waals surface area contributed by atoms with Crippen LogP contribution in [0.1, 0.15) is 26.2 Å². The van der Waals surface area contributed by atoms with E-state index in [2.05, 4.69) is 10.1 Å². The predicted octanol–water partition coefficient (Wildman–Crippen LogP) is 0.640. The second-order valence-electron chi connectivity index (χ2n) is 3.61. The van der Waals surface area contributed by atoms with Gasteiger partial charge in [-0.3, -0.25) is 9.59 Å². The standard InChI is InChI=1S/C10H19NO4/c1-8(3-4-10(13)14)5-6-11-9(12)7-15-2/h8H,3-7H2,1-2H3,(H,11,12)(H,13,14). The Morgan fingerprint density at radius 3 is 2.60 bits per heavy atom. The summed E-state index contributed by atoms with van der Waals surface area (Å²) in [7, 11) is 1.47. The number of carbonyl (C=O) groups excluding carboxylic acids is 1. The topological polar surface area (TPSA) is 75.6 Å². The van der Waals surface area contributed by atoms with E-state index in [1.807, 2.05) is 6.92 Å². The average molecular weight is 217 g/mol. The van der Waals surface area contributed by atoms with Crippen LogP contribution in [-0.4, -0.2) is 37.2 Å². The van der Waals surface area contributed by atoms with Gasteiger partial charge < -0.3 is 15.2 Å². The van der Waals surface area contributed by atoms with Gasteiger partial charge in [0, 0.05) is 20.1 Å². The molecule has 0 aromatic rings. The third kappa shape index (κ3) is 9.21. The molecule has 0 aliphatic heterocycles. The number of aliphatic carboxylic acids is 1. The molecule has 88 valence electrons. The number of hydrogen-bond acceptors (Lipinski definition) is 3.